The molecule has 0 atom stereocenters. The number of nitrogens with one attached hydrogen (secondary N) is 1. The molecule has 1 N–H and O–H groups in total. The van der Waals surface area contributed by atoms with E-state index < -0.39 is 0 Å². The molecule has 3 heteroatoms. The van der Waals surface area contributed by atoms with Gasteiger partial charge in [0.25, 0.3) is 0 Å². The van der Waals surface area contributed by atoms with Crippen molar-refractivity contribution in [3.63, 3.8) is 0 Å². The molecule has 2 aromatic rings. The Bertz CT molecular complexity index is 606. The molecule has 0 aliphatic carbocycles. The van der Waals surface area contributed by atoms with Crippen LogP contribution in [0.15, 0.2) is 42.1 Å². The summed E-state index contributed by atoms with van der Waals surface area (Å²) in [7, 11) is 1.66. The van der Waals surface area contributed by atoms with E-state index in [0.29, 0.717) is 5.88 Å². The number of methoxy groups -OCH3 is 1. The Morgan fingerprint density at radius 1 is 1.25 bits per heavy atom. The topological polar surface area (TPSA) is 37.9 Å². The second kappa shape index (κ2) is 6.75. The first-order chi connectivity index (χ1) is 9.69. The minimum Gasteiger partial charge on any atom is -0.481 e. The van der Waals surface area contributed by atoms with E-state index in [0.717, 1.165) is 23.4 Å². The van der Waals surface area contributed by atoms with Crippen molar-refractivity contribution >= 4 is 12.2 Å². The van der Waals surface area contributed by atoms with E-state index in [1.54, 1.807) is 7.11 Å². The van der Waals surface area contributed by atoms with Crippen molar-refractivity contribution in [2.24, 2.45) is 0 Å². The number of nitrogens with zero attached hydrogens (tertiary/aromatic N) is 1. The van der Waals surface area contributed by atoms with Crippen LogP contribution in [0.4, 0.5) is 0 Å². The molecule has 0 bridgehead atoms. The van der Waals surface area contributed by atoms with Crippen LogP contribution in [0, 0.1) is 0 Å². The quantitative estimate of drug-likeness (QED) is 0.829. The minimum absolute atomic E-state index is 0.691. The average Bonchev–Trinajstić information content (AvgIpc) is 2.96. The maximum absolute atomic E-state index is 5.37. The molecule has 0 aliphatic rings. The van der Waals surface area contributed by atoms with Gasteiger partial charge in [-0.3, -0.25) is 0 Å². The standard InChI is InChI=1S/C17H20N2O/c1-13(2)6-7-14-8-9-16(19-17(14)20-3)11-10-15-5-4-12-18-15/h4-6,8-12,18H,7H2,1-3H3/b11-10-. The SMILES string of the molecule is COc1nc(/C=C\c2ccc[nH]2)ccc1CC=C(C)C. The van der Waals surface area contributed by atoms with E-state index in [1.165, 1.54) is 5.57 Å². The van der Waals surface area contributed by atoms with Gasteiger partial charge >= 0.3 is 0 Å². The third-order valence-corrected chi connectivity index (χ3v) is 2.94. The monoisotopic (exact) mass is 268 g/mol. The van der Waals surface area contributed by atoms with E-state index in [1.807, 2.05) is 36.5 Å². The normalized spacial score (nSPS) is 10.8. The van der Waals surface area contributed by atoms with Crippen molar-refractivity contribution in [3.8, 4) is 5.88 Å². The van der Waals surface area contributed by atoms with Gasteiger partial charge in [-0.05, 0) is 50.6 Å². The molecule has 104 valence electrons. The van der Waals surface area contributed by atoms with Crippen molar-refractivity contribution in [1.82, 2.24) is 9.97 Å². The summed E-state index contributed by atoms with van der Waals surface area (Å²) in [5.74, 6) is 0.691. The lowest BCUT2D eigenvalue weighted by atomic mass is 10.1. The highest BCUT2D eigenvalue weighted by molar-refractivity contribution is 5.66. The Morgan fingerprint density at radius 3 is 2.75 bits per heavy atom. The largest absolute Gasteiger partial charge is 0.481 e. The molecular weight excluding hydrogens is 248 g/mol. The van der Waals surface area contributed by atoms with Crippen LogP contribution in [0.25, 0.3) is 12.2 Å². The van der Waals surface area contributed by atoms with Crippen LogP contribution in [0.1, 0.15) is 30.8 Å². The zero-order valence-electron chi connectivity index (χ0n) is 12.2. The fourth-order valence-corrected chi connectivity index (χ4v) is 1.85. The third-order valence-electron chi connectivity index (χ3n) is 2.94. The van der Waals surface area contributed by atoms with Crippen molar-refractivity contribution < 1.29 is 4.74 Å². The van der Waals surface area contributed by atoms with Crippen LogP contribution in [0.3, 0.4) is 0 Å². The zero-order valence-corrected chi connectivity index (χ0v) is 12.2. The molecule has 2 rings (SSSR count). The maximum atomic E-state index is 5.37. The number of rotatable bonds is 5. The van der Waals surface area contributed by atoms with Gasteiger partial charge in [-0.15, -0.1) is 0 Å². The fourth-order valence-electron chi connectivity index (χ4n) is 1.85. The summed E-state index contributed by atoms with van der Waals surface area (Å²) < 4.78 is 5.37. The zero-order chi connectivity index (χ0) is 14.4. The Kier molecular flexibility index (Phi) is 4.77. The van der Waals surface area contributed by atoms with E-state index in [4.69, 9.17) is 4.74 Å². The summed E-state index contributed by atoms with van der Waals surface area (Å²) in [5.41, 5.74) is 4.34. The van der Waals surface area contributed by atoms with Gasteiger partial charge in [0.05, 0.1) is 12.8 Å². The lowest BCUT2D eigenvalue weighted by Crippen LogP contribution is -1.96. The van der Waals surface area contributed by atoms with Gasteiger partial charge in [-0.1, -0.05) is 17.7 Å². The van der Waals surface area contributed by atoms with Gasteiger partial charge in [0.2, 0.25) is 5.88 Å². The highest BCUT2D eigenvalue weighted by atomic mass is 16.5. The maximum Gasteiger partial charge on any atom is 0.217 e. The molecule has 0 saturated heterocycles. The van der Waals surface area contributed by atoms with E-state index >= 15 is 0 Å². The first-order valence-electron chi connectivity index (χ1n) is 6.68. The molecule has 0 amide bonds. The Labute approximate surface area is 120 Å². The molecule has 3 nitrogen and oxygen atoms in total. The Morgan fingerprint density at radius 2 is 2.10 bits per heavy atom. The summed E-state index contributed by atoms with van der Waals surface area (Å²) in [6.45, 7) is 4.18. The lowest BCUT2D eigenvalue weighted by molar-refractivity contribution is 0.393. The van der Waals surface area contributed by atoms with Crippen LogP contribution in [-0.4, -0.2) is 17.1 Å². The molecule has 0 aliphatic heterocycles. The summed E-state index contributed by atoms with van der Waals surface area (Å²) in [5, 5.41) is 0. The molecule has 2 aromatic heterocycles. The highest BCUT2D eigenvalue weighted by Crippen LogP contribution is 2.18. The lowest BCUT2D eigenvalue weighted by Gasteiger charge is -2.06. The number of hydrogen-bond donors (Lipinski definition) is 1. The number of aromatic nitrogens is 2. The third kappa shape index (κ3) is 3.85. The van der Waals surface area contributed by atoms with Crippen molar-refractivity contribution in [3.05, 3.63) is 59.1 Å². The number of H-pyrrole nitrogens is 1. The molecule has 0 unspecified atom stereocenters. The van der Waals surface area contributed by atoms with Gasteiger partial charge < -0.3 is 9.72 Å². The number of aromatic amines is 1. The molecule has 0 aromatic carbocycles. The van der Waals surface area contributed by atoms with Crippen molar-refractivity contribution in [1.29, 1.82) is 0 Å². The Hall–Kier alpha value is -2.29. The van der Waals surface area contributed by atoms with Crippen molar-refractivity contribution in [2.75, 3.05) is 7.11 Å². The molecule has 0 spiro atoms. The first kappa shape index (κ1) is 14.1. The second-order valence-electron chi connectivity index (χ2n) is 4.85. The first-order valence-corrected chi connectivity index (χ1v) is 6.68. The number of hydrogen-bond acceptors (Lipinski definition) is 2. The molecule has 0 radical (unpaired) electrons. The highest BCUT2D eigenvalue weighted by Gasteiger charge is 2.03. The van der Waals surface area contributed by atoms with E-state index in [2.05, 4.69) is 36.0 Å². The van der Waals surface area contributed by atoms with E-state index in [-0.39, 0.29) is 0 Å². The summed E-state index contributed by atoms with van der Waals surface area (Å²) in [4.78, 5) is 7.64. The van der Waals surface area contributed by atoms with Gasteiger partial charge in [0.15, 0.2) is 0 Å². The average molecular weight is 268 g/mol. The number of allylic oxidation sites excluding steroid dienone is 2. The second-order valence-corrected chi connectivity index (χ2v) is 4.85. The number of ether oxygens (including phenoxy) is 1. The smallest absolute Gasteiger partial charge is 0.217 e. The predicted molar refractivity (Wildman–Crippen MR) is 83.6 cm³/mol. The summed E-state index contributed by atoms with van der Waals surface area (Å²) in [6.07, 6.45) is 8.89. The molecule has 20 heavy (non-hydrogen) atoms. The molecule has 2 heterocycles. The van der Waals surface area contributed by atoms with E-state index in [9.17, 15) is 0 Å². The summed E-state index contributed by atoms with van der Waals surface area (Å²) in [6, 6.07) is 8.06. The van der Waals surface area contributed by atoms with Gasteiger partial charge in [0, 0.05) is 17.5 Å². The van der Waals surface area contributed by atoms with Gasteiger partial charge in [-0.2, -0.15) is 0 Å². The van der Waals surface area contributed by atoms with Crippen LogP contribution in [-0.2, 0) is 6.42 Å². The van der Waals surface area contributed by atoms with Crippen LogP contribution >= 0.6 is 0 Å². The summed E-state index contributed by atoms with van der Waals surface area (Å²) >= 11 is 0. The Balaban J connectivity index is 2.18. The van der Waals surface area contributed by atoms with Gasteiger partial charge in [0.1, 0.15) is 0 Å². The van der Waals surface area contributed by atoms with Crippen LogP contribution in [0.5, 0.6) is 5.88 Å². The van der Waals surface area contributed by atoms with Gasteiger partial charge in [-0.25, -0.2) is 4.98 Å². The molecule has 0 fully saturated rings. The number of pyridine rings is 1. The van der Waals surface area contributed by atoms with Crippen LogP contribution < -0.4 is 4.74 Å². The van der Waals surface area contributed by atoms with Crippen molar-refractivity contribution in [2.45, 2.75) is 20.3 Å². The fraction of sp³-hybridized carbons (Fsp3) is 0.235. The molecule has 0 saturated carbocycles. The van der Waals surface area contributed by atoms with Crippen LogP contribution in [0.2, 0.25) is 0 Å². The minimum atomic E-state index is 0.691. The molecular formula is C17H20N2O. The predicted octanol–water partition coefficient (Wildman–Crippen LogP) is 4.10.